The molecule has 4 nitrogen and oxygen atoms in total. The van der Waals surface area contributed by atoms with Gasteiger partial charge >= 0.3 is 5.97 Å². The molecule has 1 aromatic rings. The van der Waals surface area contributed by atoms with E-state index in [2.05, 4.69) is 15.0 Å². The third kappa shape index (κ3) is 3.81. The molecule has 0 aromatic carbocycles. The highest BCUT2D eigenvalue weighted by Gasteiger charge is 2.02. The molecule has 0 aliphatic rings. The number of hydrogen-bond acceptors (Lipinski definition) is 4. The van der Waals surface area contributed by atoms with Gasteiger partial charge in [-0.25, -0.2) is 4.79 Å². The molecule has 0 unspecified atom stereocenters. The van der Waals surface area contributed by atoms with Crippen LogP contribution in [0.15, 0.2) is 36.7 Å². The van der Waals surface area contributed by atoms with Crippen LogP contribution in [0.25, 0.3) is 0 Å². The summed E-state index contributed by atoms with van der Waals surface area (Å²) in [4.78, 5) is 14.9. The molecule has 0 spiro atoms. The van der Waals surface area contributed by atoms with Crippen molar-refractivity contribution in [2.45, 2.75) is 13.0 Å². The van der Waals surface area contributed by atoms with Gasteiger partial charge in [0.05, 0.1) is 18.8 Å². The number of nitrogens with one attached hydrogen (secondary N) is 1. The normalized spacial score (nSPS) is 12.4. The summed E-state index contributed by atoms with van der Waals surface area (Å²) in [6, 6.07) is 5.77. The van der Waals surface area contributed by atoms with Crippen LogP contribution >= 0.6 is 0 Å². The van der Waals surface area contributed by atoms with Crippen LogP contribution in [0.5, 0.6) is 0 Å². The zero-order valence-electron chi connectivity index (χ0n) is 8.81. The molecule has 0 fully saturated rings. The zero-order chi connectivity index (χ0) is 11.1. The predicted octanol–water partition coefficient (Wildman–Crippen LogP) is 1.42. The standard InChI is InChI=1S/C11H14N2O2/c1-9(10-5-3-4-7-13-10)12-8-6-11(14)15-2/h3-9,12H,1-2H3/b8-6+/t9-/m1/s1. The Morgan fingerprint density at radius 1 is 1.60 bits per heavy atom. The summed E-state index contributed by atoms with van der Waals surface area (Å²) in [6.45, 7) is 1.96. The Kier molecular flexibility index (Phi) is 4.34. The number of esters is 1. The molecule has 0 radical (unpaired) electrons. The highest BCUT2D eigenvalue weighted by Crippen LogP contribution is 2.06. The second-order valence-electron chi connectivity index (χ2n) is 3.00. The number of hydrogen-bond donors (Lipinski definition) is 1. The van der Waals surface area contributed by atoms with E-state index in [1.165, 1.54) is 13.2 Å². The van der Waals surface area contributed by atoms with E-state index >= 15 is 0 Å². The Bertz CT molecular complexity index is 336. The Balaban J connectivity index is 2.47. The van der Waals surface area contributed by atoms with Crippen LogP contribution in [0.3, 0.4) is 0 Å². The number of nitrogens with zero attached hydrogens (tertiary/aromatic N) is 1. The molecule has 1 atom stereocenters. The molecule has 0 amide bonds. The Hall–Kier alpha value is -1.84. The second kappa shape index (κ2) is 5.80. The van der Waals surface area contributed by atoms with Crippen molar-refractivity contribution in [3.63, 3.8) is 0 Å². The fourth-order valence-corrected chi connectivity index (χ4v) is 1.05. The van der Waals surface area contributed by atoms with Crippen molar-refractivity contribution >= 4 is 5.97 Å². The van der Waals surface area contributed by atoms with E-state index in [4.69, 9.17) is 0 Å². The van der Waals surface area contributed by atoms with Gasteiger partial charge in [-0.3, -0.25) is 4.98 Å². The van der Waals surface area contributed by atoms with Gasteiger partial charge in [0, 0.05) is 18.5 Å². The van der Waals surface area contributed by atoms with E-state index in [1.807, 2.05) is 25.1 Å². The van der Waals surface area contributed by atoms with E-state index in [0.29, 0.717) is 0 Å². The number of pyridine rings is 1. The number of carbonyl (C=O) groups is 1. The first-order chi connectivity index (χ1) is 7.24. The fourth-order valence-electron chi connectivity index (χ4n) is 1.05. The summed E-state index contributed by atoms with van der Waals surface area (Å²) in [5.74, 6) is -0.379. The number of rotatable bonds is 4. The van der Waals surface area contributed by atoms with Crippen molar-refractivity contribution in [3.8, 4) is 0 Å². The molecule has 0 saturated heterocycles. The van der Waals surface area contributed by atoms with Crippen molar-refractivity contribution < 1.29 is 9.53 Å². The topological polar surface area (TPSA) is 51.2 Å². The van der Waals surface area contributed by atoms with Crippen molar-refractivity contribution in [2.24, 2.45) is 0 Å². The van der Waals surface area contributed by atoms with Crippen LogP contribution < -0.4 is 5.32 Å². The molecule has 15 heavy (non-hydrogen) atoms. The van der Waals surface area contributed by atoms with Gasteiger partial charge in [0.15, 0.2) is 0 Å². The number of methoxy groups -OCH3 is 1. The molecule has 1 aromatic heterocycles. The molecule has 80 valence electrons. The predicted molar refractivity (Wildman–Crippen MR) is 56.9 cm³/mol. The van der Waals surface area contributed by atoms with Crippen LogP contribution in [0.2, 0.25) is 0 Å². The fraction of sp³-hybridized carbons (Fsp3) is 0.273. The second-order valence-corrected chi connectivity index (χ2v) is 3.00. The van der Waals surface area contributed by atoms with Crippen molar-refractivity contribution in [1.29, 1.82) is 0 Å². The molecule has 1 N–H and O–H groups in total. The molecule has 0 aliphatic heterocycles. The third-order valence-corrected chi connectivity index (χ3v) is 1.90. The van der Waals surface area contributed by atoms with Gasteiger partial charge in [0.25, 0.3) is 0 Å². The maximum absolute atomic E-state index is 10.8. The third-order valence-electron chi connectivity index (χ3n) is 1.90. The average molecular weight is 206 g/mol. The molecule has 0 aliphatic carbocycles. The lowest BCUT2D eigenvalue weighted by Crippen LogP contribution is -2.13. The maximum Gasteiger partial charge on any atom is 0.331 e. The first kappa shape index (κ1) is 11.2. The summed E-state index contributed by atoms with van der Waals surface area (Å²) in [5, 5.41) is 3.02. The van der Waals surface area contributed by atoms with Crippen molar-refractivity contribution in [2.75, 3.05) is 7.11 Å². The number of aromatic nitrogens is 1. The average Bonchev–Trinajstić information content (AvgIpc) is 2.29. The van der Waals surface area contributed by atoms with Gasteiger partial charge in [-0.2, -0.15) is 0 Å². The van der Waals surface area contributed by atoms with Crippen molar-refractivity contribution in [3.05, 3.63) is 42.4 Å². The Morgan fingerprint density at radius 2 is 2.40 bits per heavy atom. The minimum atomic E-state index is -0.379. The van der Waals surface area contributed by atoms with E-state index < -0.39 is 0 Å². The Morgan fingerprint density at radius 3 is 3.00 bits per heavy atom. The molecular weight excluding hydrogens is 192 g/mol. The summed E-state index contributed by atoms with van der Waals surface area (Å²) in [6.07, 6.45) is 4.63. The molecule has 0 saturated carbocycles. The van der Waals surface area contributed by atoms with Crippen LogP contribution in [-0.2, 0) is 9.53 Å². The van der Waals surface area contributed by atoms with E-state index in [1.54, 1.807) is 12.4 Å². The van der Waals surface area contributed by atoms with Gasteiger partial charge in [-0.05, 0) is 19.1 Å². The van der Waals surface area contributed by atoms with Crippen LogP contribution in [0.4, 0.5) is 0 Å². The first-order valence-electron chi connectivity index (χ1n) is 4.65. The molecule has 4 heteroatoms. The molecule has 1 rings (SSSR count). The van der Waals surface area contributed by atoms with E-state index in [9.17, 15) is 4.79 Å². The minimum absolute atomic E-state index is 0.0621. The summed E-state index contributed by atoms with van der Waals surface area (Å²) in [5.41, 5.74) is 0.923. The summed E-state index contributed by atoms with van der Waals surface area (Å²) in [7, 11) is 1.34. The monoisotopic (exact) mass is 206 g/mol. The van der Waals surface area contributed by atoms with Gasteiger partial charge in [-0.1, -0.05) is 6.07 Å². The van der Waals surface area contributed by atoms with Gasteiger partial charge in [0.2, 0.25) is 0 Å². The first-order valence-corrected chi connectivity index (χ1v) is 4.65. The quantitative estimate of drug-likeness (QED) is 0.598. The summed E-state index contributed by atoms with van der Waals surface area (Å²) >= 11 is 0. The van der Waals surface area contributed by atoms with E-state index in [-0.39, 0.29) is 12.0 Å². The number of carbonyl (C=O) groups excluding carboxylic acids is 1. The van der Waals surface area contributed by atoms with Crippen LogP contribution in [0.1, 0.15) is 18.7 Å². The van der Waals surface area contributed by atoms with Crippen LogP contribution in [-0.4, -0.2) is 18.1 Å². The zero-order valence-corrected chi connectivity index (χ0v) is 8.81. The van der Waals surface area contributed by atoms with Crippen LogP contribution in [0, 0.1) is 0 Å². The summed E-state index contributed by atoms with van der Waals surface area (Å²) < 4.78 is 4.46. The SMILES string of the molecule is COC(=O)/C=C/N[C@H](C)c1ccccn1. The maximum atomic E-state index is 10.8. The van der Waals surface area contributed by atoms with Gasteiger partial charge in [-0.15, -0.1) is 0 Å². The molecular formula is C11H14N2O2. The van der Waals surface area contributed by atoms with Gasteiger partial charge in [0.1, 0.15) is 0 Å². The molecule has 0 bridgehead atoms. The Labute approximate surface area is 89.0 Å². The highest BCUT2D eigenvalue weighted by molar-refractivity contribution is 5.81. The minimum Gasteiger partial charge on any atom is -0.466 e. The number of ether oxygens (including phenoxy) is 1. The largest absolute Gasteiger partial charge is 0.466 e. The smallest absolute Gasteiger partial charge is 0.331 e. The lowest BCUT2D eigenvalue weighted by molar-refractivity contribution is -0.134. The highest BCUT2D eigenvalue weighted by atomic mass is 16.5. The van der Waals surface area contributed by atoms with Gasteiger partial charge < -0.3 is 10.1 Å². The lowest BCUT2D eigenvalue weighted by atomic mass is 10.2. The van der Waals surface area contributed by atoms with E-state index in [0.717, 1.165) is 5.69 Å². The van der Waals surface area contributed by atoms with Crippen molar-refractivity contribution in [1.82, 2.24) is 10.3 Å². The molecule has 1 heterocycles. The lowest BCUT2D eigenvalue weighted by Gasteiger charge is -2.10.